The van der Waals surface area contributed by atoms with Crippen LogP contribution in [0.15, 0.2) is 39.3 Å². The molecule has 2 aliphatic rings. The number of benzene rings is 2. The molecule has 0 unspecified atom stereocenters. The molecule has 4 rings (SSSR count). The molecule has 0 amide bonds. The number of nitriles is 1. The Hall–Kier alpha value is -1.95. The monoisotopic (exact) mass is 535 g/mol. The van der Waals surface area contributed by atoms with Crippen LogP contribution >= 0.6 is 31.9 Å². The van der Waals surface area contributed by atoms with Crippen molar-refractivity contribution in [1.29, 1.82) is 5.26 Å². The molecule has 0 bridgehead atoms. The third-order valence-corrected chi connectivity index (χ3v) is 6.43. The van der Waals surface area contributed by atoms with E-state index in [1.165, 1.54) is 0 Å². The van der Waals surface area contributed by atoms with Crippen molar-refractivity contribution in [3.05, 3.63) is 44.8 Å². The van der Waals surface area contributed by atoms with E-state index in [4.69, 9.17) is 19.5 Å². The van der Waals surface area contributed by atoms with Crippen molar-refractivity contribution in [3.63, 3.8) is 0 Å². The third-order valence-electron chi connectivity index (χ3n) is 5.25. The Morgan fingerprint density at radius 3 is 2.50 bits per heavy atom. The minimum absolute atomic E-state index is 0.593. The Morgan fingerprint density at radius 2 is 1.77 bits per heavy atom. The van der Waals surface area contributed by atoms with Crippen LogP contribution in [-0.4, -0.2) is 57.4 Å². The molecule has 0 atom stereocenters. The van der Waals surface area contributed by atoms with Gasteiger partial charge < -0.3 is 19.1 Å². The second-order valence-electron chi connectivity index (χ2n) is 7.21. The number of halogens is 2. The van der Waals surface area contributed by atoms with Gasteiger partial charge in [0.2, 0.25) is 0 Å². The molecule has 8 heteroatoms. The van der Waals surface area contributed by atoms with Gasteiger partial charge in [-0.15, -0.1) is 0 Å². The van der Waals surface area contributed by atoms with Crippen LogP contribution < -0.4 is 19.1 Å². The first kappa shape index (κ1) is 21.3. The van der Waals surface area contributed by atoms with E-state index in [2.05, 4.69) is 53.8 Å². The van der Waals surface area contributed by atoms with Crippen LogP contribution in [-0.2, 0) is 0 Å². The first-order valence-electron chi connectivity index (χ1n) is 10.0. The third kappa shape index (κ3) is 4.85. The Labute approximate surface area is 193 Å². The maximum atomic E-state index is 9.03. The number of para-hydroxylation sites is 1. The van der Waals surface area contributed by atoms with Gasteiger partial charge in [-0.2, -0.15) is 5.26 Å². The summed E-state index contributed by atoms with van der Waals surface area (Å²) in [5, 5.41) is 9.03. The maximum Gasteiger partial charge on any atom is 0.184 e. The van der Waals surface area contributed by atoms with E-state index >= 15 is 0 Å². The van der Waals surface area contributed by atoms with Crippen LogP contribution in [0, 0.1) is 11.3 Å². The molecule has 0 radical (unpaired) electrons. The molecule has 2 aromatic carbocycles. The molecule has 0 aromatic heterocycles. The molecular formula is C22H23Br2N3O3. The molecule has 0 spiro atoms. The van der Waals surface area contributed by atoms with Gasteiger partial charge in [-0.3, -0.25) is 4.90 Å². The zero-order valence-corrected chi connectivity index (χ0v) is 19.7. The minimum Gasteiger partial charge on any atom is -0.491 e. The smallest absolute Gasteiger partial charge is 0.184 e. The summed E-state index contributed by atoms with van der Waals surface area (Å²) in [7, 11) is 0. The van der Waals surface area contributed by atoms with Crippen molar-refractivity contribution in [2.24, 2.45) is 0 Å². The number of rotatable bonds is 6. The lowest BCUT2D eigenvalue weighted by molar-refractivity contribution is 0.171. The number of hydrogen-bond acceptors (Lipinski definition) is 6. The lowest BCUT2D eigenvalue weighted by atomic mass is 10.2. The van der Waals surface area contributed by atoms with Crippen molar-refractivity contribution < 1.29 is 14.2 Å². The summed E-state index contributed by atoms with van der Waals surface area (Å²) >= 11 is 6.96. The second-order valence-corrected chi connectivity index (χ2v) is 8.92. The fraction of sp³-hybridized carbons (Fsp3) is 0.409. The van der Waals surface area contributed by atoms with Crippen LogP contribution in [0.5, 0.6) is 17.2 Å². The number of nitrogens with zero attached hydrogens (tertiary/aromatic N) is 3. The summed E-state index contributed by atoms with van der Waals surface area (Å²) in [6.45, 7) is 6.79. The van der Waals surface area contributed by atoms with Crippen LogP contribution in [0.4, 0.5) is 5.69 Å². The maximum absolute atomic E-state index is 9.03. The zero-order valence-electron chi connectivity index (χ0n) is 16.6. The van der Waals surface area contributed by atoms with E-state index in [0.29, 0.717) is 25.4 Å². The first-order valence-corrected chi connectivity index (χ1v) is 11.6. The molecule has 2 aromatic rings. The van der Waals surface area contributed by atoms with Gasteiger partial charge in [0.25, 0.3) is 0 Å². The summed E-state index contributed by atoms with van der Waals surface area (Å²) in [6.07, 6.45) is 0.941. The summed E-state index contributed by atoms with van der Waals surface area (Å²) in [5.41, 5.74) is 1.72. The van der Waals surface area contributed by atoms with E-state index in [-0.39, 0.29) is 0 Å². The van der Waals surface area contributed by atoms with Gasteiger partial charge in [-0.25, -0.2) is 0 Å². The quantitative estimate of drug-likeness (QED) is 0.508. The fourth-order valence-electron chi connectivity index (χ4n) is 3.74. The predicted molar refractivity (Wildman–Crippen MR) is 123 cm³/mol. The molecule has 2 heterocycles. The van der Waals surface area contributed by atoms with Crippen molar-refractivity contribution >= 4 is 37.5 Å². The minimum atomic E-state index is 0.593. The average Bonchev–Trinajstić information content (AvgIpc) is 2.78. The van der Waals surface area contributed by atoms with Gasteiger partial charge in [-0.1, -0.05) is 6.07 Å². The number of fused-ring (bicyclic) bond motifs is 1. The van der Waals surface area contributed by atoms with E-state index in [0.717, 1.165) is 71.0 Å². The van der Waals surface area contributed by atoms with Gasteiger partial charge in [0.05, 0.1) is 32.9 Å². The molecule has 1 saturated heterocycles. The van der Waals surface area contributed by atoms with Crippen molar-refractivity contribution in [3.8, 4) is 23.3 Å². The second kappa shape index (κ2) is 9.90. The van der Waals surface area contributed by atoms with Crippen molar-refractivity contribution in [2.45, 2.75) is 6.42 Å². The summed E-state index contributed by atoms with van der Waals surface area (Å²) in [6, 6.07) is 11.8. The van der Waals surface area contributed by atoms with Gasteiger partial charge >= 0.3 is 0 Å². The number of piperazine rings is 1. The van der Waals surface area contributed by atoms with Crippen LogP contribution in [0.2, 0.25) is 0 Å². The van der Waals surface area contributed by atoms with Crippen molar-refractivity contribution in [2.75, 3.05) is 57.4 Å². The molecule has 6 nitrogen and oxygen atoms in total. The summed E-state index contributed by atoms with van der Waals surface area (Å²) < 4.78 is 19.1. The highest BCUT2D eigenvalue weighted by atomic mass is 79.9. The first-order chi connectivity index (χ1) is 14.7. The lowest BCUT2D eigenvalue weighted by Crippen LogP contribution is -2.47. The number of anilines is 1. The summed E-state index contributed by atoms with van der Waals surface area (Å²) in [5.74, 6) is 2.47. The molecule has 0 aliphatic carbocycles. The lowest BCUT2D eigenvalue weighted by Gasteiger charge is -2.37. The molecule has 1 fully saturated rings. The Balaban J connectivity index is 1.24. The molecular weight excluding hydrogens is 514 g/mol. The predicted octanol–water partition coefficient (Wildman–Crippen LogP) is 4.45. The van der Waals surface area contributed by atoms with Crippen LogP contribution in [0.1, 0.15) is 12.0 Å². The van der Waals surface area contributed by atoms with Crippen LogP contribution in [0.25, 0.3) is 0 Å². The van der Waals surface area contributed by atoms with E-state index in [1.807, 2.05) is 12.1 Å². The highest BCUT2D eigenvalue weighted by molar-refractivity contribution is 9.11. The fourth-order valence-corrected chi connectivity index (χ4v) is 5.16. The SMILES string of the molecule is N#Cc1cc(Br)c(OCCCN2CCN(c3cccc4c3OCCO4)CC2)c(Br)c1. The Kier molecular flexibility index (Phi) is 7.03. The van der Waals surface area contributed by atoms with Gasteiger partial charge in [0.1, 0.15) is 19.0 Å². The Morgan fingerprint density at radius 1 is 1.03 bits per heavy atom. The molecule has 0 N–H and O–H groups in total. The van der Waals surface area contributed by atoms with Gasteiger partial charge in [0, 0.05) is 32.7 Å². The number of ether oxygens (including phenoxy) is 3. The highest BCUT2D eigenvalue weighted by Gasteiger charge is 2.23. The van der Waals surface area contributed by atoms with Crippen molar-refractivity contribution in [1.82, 2.24) is 4.90 Å². The molecule has 30 heavy (non-hydrogen) atoms. The summed E-state index contributed by atoms with van der Waals surface area (Å²) in [4.78, 5) is 4.85. The number of hydrogen-bond donors (Lipinski definition) is 0. The normalized spacial score (nSPS) is 16.2. The topological polar surface area (TPSA) is 58.0 Å². The van der Waals surface area contributed by atoms with E-state index < -0.39 is 0 Å². The van der Waals surface area contributed by atoms with Crippen LogP contribution in [0.3, 0.4) is 0 Å². The molecule has 0 saturated carbocycles. The zero-order chi connectivity index (χ0) is 20.9. The standard InChI is InChI=1S/C22H23Br2N3O3/c23-17-13-16(15-25)14-18(24)21(17)29-10-2-5-26-6-8-27(9-7-26)19-3-1-4-20-22(19)30-12-11-28-20/h1,3-4,13-14H,2,5-12H2. The molecule has 158 valence electrons. The van der Waals surface area contributed by atoms with E-state index in [1.54, 1.807) is 12.1 Å². The average molecular weight is 537 g/mol. The van der Waals surface area contributed by atoms with Gasteiger partial charge in [0.15, 0.2) is 11.5 Å². The molecule has 2 aliphatic heterocycles. The highest BCUT2D eigenvalue weighted by Crippen LogP contribution is 2.39. The van der Waals surface area contributed by atoms with E-state index in [9.17, 15) is 0 Å². The Bertz CT molecular complexity index is 917. The largest absolute Gasteiger partial charge is 0.491 e. The van der Waals surface area contributed by atoms with Gasteiger partial charge in [-0.05, 0) is 62.5 Å².